The Labute approximate surface area is 216 Å². The predicted octanol–water partition coefficient (Wildman–Crippen LogP) is 2.64. The average Bonchev–Trinajstić information content (AvgIpc) is 3.20. The molecule has 6 unspecified atom stereocenters. The standard InChI is InChI=1S/C26H38F3N5O3/c1-24(2,3)20(31-14-26(27,28)29)23(37)34-13-16-5-4-6-18(16)19(34)22(36)32-17(12-30)11-15-7-8-25(9-10-25)33-21(15)35/h15-20,31H,4-11,13-14H2,1-3H3,(H,32,36)(H,33,35). The third-order valence-electron chi connectivity index (χ3n) is 8.64. The number of nitriles is 1. The fourth-order valence-electron chi connectivity index (χ4n) is 6.46. The summed E-state index contributed by atoms with van der Waals surface area (Å²) in [6, 6.07) is -0.770. The Kier molecular flexibility index (Phi) is 7.54. The second kappa shape index (κ2) is 10.1. The second-order valence-electron chi connectivity index (χ2n) is 12.5. The van der Waals surface area contributed by atoms with Gasteiger partial charge in [-0.1, -0.05) is 27.2 Å². The van der Waals surface area contributed by atoms with Gasteiger partial charge in [0.15, 0.2) is 0 Å². The maximum Gasteiger partial charge on any atom is 0.401 e. The lowest BCUT2D eigenvalue weighted by Gasteiger charge is -2.37. The van der Waals surface area contributed by atoms with Gasteiger partial charge >= 0.3 is 6.18 Å². The van der Waals surface area contributed by atoms with Crippen LogP contribution in [-0.2, 0) is 14.4 Å². The molecule has 11 heteroatoms. The maximum atomic E-state index is 13.6. The molecule has 0 aromatic heterocycles. The first-order chi connectivity index (χ1) is 17.2. The van der Waals surface area contributed by atoms with E-state index in [1.807, 2.05) is 0 Å². The van der Waals surface area contributed by atoms with Crippen LogP contribution in [0.4, 0.5) is 13.2 Å². The van der Waals surface area contributed by atoms with Crippen molar-refractivity contribution in [1.82, 2.24) is 20.9 Å². The number of rotatable bonds is 7. The van der Waals surface area contributed by atoms with Gasteiger partial charge in [-0.25, -0.2) is 0 Å². The molecule has 37 heavy (non-hydrogen) atoms. The summed E-state index contributed by atoms with van der Waals surface area (Å²) in [5.74, 6) is -1.44. The number of fused-ring (bicyclic) bond motifs is 1. The zero-order chi connectivity index (χ0) is 27.2. The number of hydrogen-bond acceptors (Lipinski definition) is 5. The molecule has 2 saturated carbocycles. The summed E-state index contributed by atoms with van der Waals surface area (Å²) in [6.07, 6.45) is 1.70. The van der Waals surface area contributed by atoms with Crippen molar-refractivity contribution in [2.75, 3.05) is 13.1 Å². The van der Waals surface area contributed by atoms with Crippen LogP contribution < -0.4 is 16.0 Å². The summed E-state index contributed by atoms with van der Waals surface area (Å²) >= 11 is 0. The van der Waals surface area contributed by atoms with Gasteiger partial charge in [-0.3, -0.25) is 19.7 Å². The van der Waals surface area contributed by atoms with Gasteiger partial charge < -0.3 is 15.5 Å². The van der Waals surface area contributed by atoms with Crippen LogP contribution in [0, 0.1) is 34.5 Å². The highest BCUT2D eigenvalue weighted by Crippen LogP contribution is 2.45. The number of amides is 3. The molecule has 2 aliphatic carbocycles. The van der Waals surface area contributed by atoms with Crippen LogP contribution in [0.3, 0.4) is 0 Å². The number of likely N-dealkylation sites (tertiary alicyclic amines) is 1. The number of piperidine rings is 1. The van der Waals surface area contributed by atoms with E-state index in [4.69, 9.17) is 0 Å². The molecule has 206 valence electrons. The monoisotopic (exact) mass is 525 g/mol. The molecule has 6 atom stereocenters. The maximum absolute atomic E-state index is 13.6. The summed E-state index contributed by atoms with van der Waals surface area (Å²) in [6.45, 7) is 4.08. The van der Waals surface area contributed by atoms with Crippen molar-refractivity contribution >= 4 is 17.7 Å². The zero-order valence-electron chi connectivity index (χ0n) is 21.8. The van der Waals surface area contributed by atoms with Gasteiger partial charge in [0.1, 0.15) is 12.1 Å². The number of nitrogens with zero attached hydrogens (tertiary/aromatic N) is 2. The van der Waals surface area contributed by atoms with E-state index < -0.39 is 48.1 Å². The van der Waals surface area contributed by atoms with Gasteiger partial charge in [0, 0.05) is 18.0 Å². The van der Waals surface area contributed by atoms with Gasteiger partial charge in [0.05, 0.1) is 18.7 Å². The number of halogens is 3. The molecule has 4 rings (SSSR count). The van der Waals surface area contributed by atoms with Gasteiger partial charge in [0.25, 0.3) is 0 Å². The van der Waals surface area contributed by atoms with Crippen LogP contribution in [0.15, 0.2) is 0 Å². The minimum absolute atomic E-state index is 0.0646. The Hall–Kier alpha value is -2.35. The number of nitrogens with one attached hydrogen (secondary N) is 3. The average molecular weight is 526 g/mol. The van der Waals surface area contributed by atoms with Crippen LogP contribution in [0.2, 0.25) is 0 Å². The van der Waals surface area contributed by atoms with E-state index in [0.29, 0.717) is 13.0 Å². The smallest absolute Gasteiger partial charge is 0.350 e. The first kappa shape index (κ1) is 27.7. The van der Waals surface area contributed by atoms with Crippen molar-refractivity contribution < 1.29 is 27.6 Å². The van der Waals surface area contributed by atoms with Crippen LogP contribution >= 0.6 is 0 Å². The van der Waals surface area contributed by atoms with Gasteiger partial charge in [-0.05, 0) is 62.2 Å². The van der Waals surface area contributed by atoms with Gasteiger partial charge in [-0.15, -0.1) is 0 Å². The normalized spacial score (nSPS) is 30.3. The van der Waals surface area contributed by atoms with E-state index in [2.05, 4.69) is 22.0 Å². The van der Waals surface area contributed by atoms with Crippen molar-refractivity contribution in [3.05, 3.63) is 0 Å². The second-order valence-corrected chi connectivity index (χ2v) is 12.5. The lowest BCUT2D eigenvalue weighted by Crippen LogP contribution is -2.59. The van der Waals surface area contributed by atoms with Crippen LogP contribution in [0.5, 0.6) is 0 Å². The molecule has 4 fully saturated rings. The highest BCUT2D eigenvalue weighted by Gasteiger charge is 2.52. The molecule has 8 nitrogen and oxygen atoms in total. The molecule has 2 saturated heterocycles. The summed E-state index contributed by atoms with van der Waals surface area (Å²) in [5, 5.41) is 18.0. The minimum Gasteiger partial charge on any atom is -0.350 e. The Morgan fingerprint density at radius 1 is 1.19 bits per heavy atom. The molecule has 0 aromatic rings. The largest absolute Gasteiger partial charge is 0.401 e. The van der Waals surface area contributed by atoms with E-state index in [-0.39, 0.29) is 35.6 Å². The molecule has 4 aliphatic rings. The fraction of sp³-hybridized carbons (Fsp3) is 0.846. The quantitative estimate of drug-likeness (QED) is 0.473. The third-order valence-corrected chi connectivity index (χ3v) is 8.64. The summed E-state index contributed by atoms with van der Waals surface area (Å²) in [5.41, 5.74) is -0.881. The summed E-state index contributed by atoms with van der Waals surface area (Å²) in [7, 11) is 0. The van der Waals surface area contributed by atoms with Crippen molar-refractivity contribution in [2.45, 2.75) is 102 Å². The van der Waals surface area contributed by atoms with Gasteiger partial charge in [0.2, 0.25) is 17.7 Å². The molecule has 3 amide bonds. The Morgan fingerprint density at radius 2 is 1.89 bits per heavy atom. The topological polar surface area (TPSA) is 114 Å². The summed E-state index contributed by atoms with van der Waals surface area (Å²) in [4.78, 5) is 41.2. The van der Waals surface area contributed by atoms with Crippen molar-refractivity contribution in [3.8, 4) is 6.07 Å². The highest BCUT2D eigenvalue weighted by atomic mass is 19.4. The molecular formula is C26H38F3N5O3. The minimum atomic E-state index is -4.48. The van der Waals surface area contributed by atoms with Crippen LogP contribution in [0.1, 0.15) is 72.1 Å². The van der Waals surface area contributed by atoms with E-state index in [1.54, 1.807) is 20.8 Å². The van der Waals surface area contributed by atoms with E-state index in [1.165, 1.54) is 4.90 Å². The molecule has 2 heterocycles. The van der Waals surface area contributed by atoms with E-state index in [9.17, 15) is 32.8 Å². The number of hydrogen-bond donors (Lipinski definition) is 3. The van der Waals surface area contributed by atoms with Crippen molar-refractivity contribution in [2.24, 2.45) is 23.2 Å². The molecule has 2 aliphatic heterocycles. The molecule has 0 bridgehead atoms. The lowest BCUT2D eigenvalue weighted by molar-refractivity contribution is -0.147. The predicted molar refractivity (Wildman–Crippen MR) is 129 cm³/mol. The first-order valence-electron chi connectivity index (χ1n) is 13.4. The van der Waals surface area contributed by atoms with E-state index >= 15 is 0 Å². The summed E-state index contributed by atoms with van der Waals surface area (Å²) < 4.78 is 38.9. The van der Waals surface area contributed by atoms with Crippen LogP contribution in [0.25, 0.3) is 0 Å². The molecule has 1 spiro atoms. The fourth-order valence-corrected chi connectivity index (χ4v) is 6.46. The number of carbonyl (C=O) groups excluding carboxylic acids is 3. The SMILES string of the molecule is CC(C)(C)C(NCC(F)(F)F)C(=O)N1CC2CCCC2C1C(=O)NC(C#N)CC1CCC2(CC2)NC1=O. The van der Waals surface area contributed by atoms with Crippen molar-refractivity contribution in [3.63, 3.8) is 0 Å². The third kappa shape index (κ3) is 6.21. The van der Waals surface area contributed by atoms with Crippen LogP contribution in [-0.4, -0.2) is 65.6 Å². The zero-order valence-corrected chi connectivity index (χ0v) is 21.8. The Balaban J connectivity index is 1.46. The molecule has 0 radical (unpaired) electrons. The Morgan fingerprint density at radius 3 is 2.46 bits per heavy atom. The molecular weight excluding hydrogens is 487 g/mol. The van der Waals surface area contributed by atoms with Crippen molar-refractivity contribution in [1.29, 1.82) is 5.26 Å². The Bertz CT molecular complexity index is 953. The van der Waals surface area contributed by atoms with E-state index in [0.717, 1.165) is 38.5 Å². The molecule has 0 aromatic carbocycles. The highest BCUT2D eigenvalue weighted by molar-refractivity contribution is 5.91. The lowest BCUT2D eigenvalue weighted by atomic mass is 9.85. The molecule has 3 N–H and O–H groups in total. The number of alkyl halides is 3. The van der Waals surface area contributed by atoms with Gasteiger partial charge in [-0.2, -0.15) is 18.4 Å². The number of carbonyl (C=O) groups is 3. The first-order valence-corrected chi connectivity index (χ1v) is 13.4.